The Morgan fingerprint density at radius 3 is 2.47 bits per heavy atom. The van der Waals surface area contributed by atoms with Gasteiger partial charge in [0.15, 0.2) is 11.9 Å². The molecule has 2 aromatic rings. The van der Waals surface area contributed by atoms with Crippen LogP contribution in [0.3, 0.4) is 0 Å². The monoisotopic (exact) mass is 522 g/mol. The molecule has 38 heavy (non-hydrogen) atoms. The third-order valence-corrected chi connectivity index (χ3v) is 7.91. The molecule has 0 radical (unpaired) electrons. The number of carbonyl (C=O) groups is 2. The van der Waals surface area contributed by atoms with Gasteiger partial charge in [-0.05, 0) is 61.1 Å². The average molecular weight is 523 g/mol. The maximum Gasteiger partial charge on any atom is 0.255 e. The molecule has 0 bridgehead atoms. The van der Waals surface area contributed by atoms with Gasteiger partial charge in [0, 0.05) is 42.0 Å². The first kappa shape index (κ1) is 27.9. The largest absolute Gasteiger partial charge is 0.492 e. The molecule has 2 aromatic carbocycles. The normalized spacial score (nSPS) is 20.3. The number of carbonyl (C=O) groups excluding carboxylic acids is 2. The van der Waals surface area contributed by atoms with Crippen molar-refractivity contribution in [2.24, 2.45) is 21.9 Å². The summed E-state index contributed by atoms with van der Waals surface area (Å²) in [5.74, 6) is 0.540. The van der Waals surface area contributed by atoms with E-state index in [1.54, 1.807) is 6.07 Å². The number of amides is 1. The van der Waals surface area contributed by atoms with Crippen molar-refractivity contribution in [1.82, 2.24) is 0 Å². The zero-order valence-corrected chi connectivity index (χ0v) is 24.3. The van der Waals surface area contributed by atoms with E-state index in [1.807, 2.05) is 58.0 Å². The summed E-state index contributed by atoms with van der Waals surface area (Å²) >= 11 is 0. The maximum absolute atomic E-state index is 13.5. The first-order valence-electron chi connectivity index (χ1n) is 13.6. The van der Waals surface area contributed by atoms with Gasteiger partial charge >= 0.3 is 0 Å². The Morgan fingerprint density at radius 1 is 1.08 bits per heavy atom. The molecule has 4 rings (SSSR count). The van der Waals surface area contributed by atoms with E-state index in [1.165, 1.54) is 0 Å². The number of hydrogen-bond acceptors (Lipinski definition) is 5. The summed E-state index contributed by atoms with van der Waals surface area (Å²) < 4.78 is 5.76. The van der Waals surface area contributed by atoms with E-state index >= 15 is 0 Å². The molecule has 1 N–H and O–H groups in total. The lowest BCUT2D eigenvalue weighted by Crippen LogP contribution is -2.39. The fraction of sp³-hybridized carbons (Fsp3) is 0.531. The topological polar surface area (TPSA) is 77.0 Å². The summed E-state index contributed by atoms with van der Waals surface area (Å²) in [6.45, 7) is 19.4. The van der Waals surface area contributed by atoms with Crippen molar-refractivity contribution < 1.29 is 22.0 Å². The number of aryl methyl sites for hydroxylation is 1. The van der Waals surface area contributed by atoms with Crippen LogP contribution in [0.4, 0.5) is 5.69 Å². The number of ether oxygens (including phenoxy) is 1. The molecule has 0 saturated heterocycles. The number of benzene rings is 2. The lowest BCUT2D eigenvalue weighted by Gasteiger charge is -2.30. The Kier molecular flexibility index (Phi) is 7.24. The third kappa shape index (κ3) is 5.64. The number of hydrogen-bond donors (Lipinski definition) is 1. The van der Waals surface area contributed by atoms with Crippen LogP contribution in [0, 0.1) is 23.7 Å². The Balaban J connectivity index is 0.00000280. The van der Waals surface area contributed by atoms with Crippen molar-refractivity contribution in [3.63, 3.8) is 0 Å². The van der Waals surface area contributed by atoms with Crippen molar-refractivity contribution in [3.05, 3.63) is 58.7 Å². The molecule has 2 heterocycles. The van der Waals surface area contributed by atoms with Gasteiger partial charge in [-0.15, -0.1) is 0 Å². The highest BCUT2D eigenvalue weighted by Gasteiger charge is 2.43. The average Bonchev–Trinajstić information content (AvgIpc) is 3.36. The van der Waals surface area contributed by atoms with E-state index in [0.29, 0.717) is 17.9 Å². The predicted molar refractivity (Wildman–Crippen MR) is 156 cm³/mol. The van der Waals surface area contributed by atoms with Crippen LogP contribution >= 0.6 is 0 Å². The van der Waals surface area contributed by atoms with Crippen molar-refractivity contribution >= 4 is 23.1 Å². The van der Waals surface area contributed by atoms with Gasteiger partial charge in [0.1, 0.15) is 5.75 Å². The van der Waals surface area contributed by atoms with Gasteiger partial charge in [-0.25, -0.2) is 0 Å². The summed E-state index contributed by atoms with van der Waals surface area (Å²) in [6.07, 6.45) is 1.13. The van der Waals surface area contributed by atoms with Crippen LogP contribution in [0.15, 0.2) is 41.6 Å². The van der Waals surface area contributed by atoms with Crippen molar-refractivity contribution in [3.8, 4) is 5.75 Å². The molecular formula is C32H46N2O4. The van der Waals surface area contributed by atoms with Crippen LogP contribution in [0.2, 0.25) is 0 Å². The van der Waals surface area contributed by atoms with Gasteiger partial charge in [-0.2, -0.15) is 0 Å². The summed E-state index contributed by atoms with van der Waals surface area (Å²) in [7, 11) is 0. The van der Waals surface area contributed by atoms with Crippen LogP contribution in [0.25, 0.3) is 0 Å². The molecule has 2 atom stereocenters. The van der Waals surface area contributed by atoms with Crippen LogP contribution in [-0.4, -0.2) is 30.1 Å². The molecular weight excluding hydrogens is 476 g/mol. The van der Waals surface area contributed by atoms with E-state index in [4.69, 9.17) is 9.57 Å². The van der Waals surface area contributed by atoms with Crippen molar-refractivity contribution in [2.45, 2.75) is 86.7 Å². The SMILES string of the molecule is Cc1ccc(NC(=O)c2ccc3c(c2)C(C)(C)CO3)cc1C1=NOC(C(=O)C(C)(C)CCC(C)(C)C)C1C.[HH].[HH]. The molecule has 0 fully saturated rings. The van der Waals surface area contributed by atoms with E-state index in [-0.39, 0.29) is 31.3 Å². The number of oxime groups is 1. The standard InChI is InChI=1S/C32H42N2O4.2H2/c1-19-10-12-22(33-29(36)21-11-13-25-24(16-21)32(8,9)18-37-25)17-23(19)26-20(2)27(38-34-26)28(35)31(6,7)15-14-30(3,4)5;;/h10-13,16-17,20,27H,14-15,18H2,1-9H3,(H,33,36);2*1H. The molecule has 0 aliphatic carbocycles. The maximum atomic E-state index is 13.5. The lowest BCUT2D eigenvalue weighted by atomic mass is 9.74. The minimum absolute atomic E-state index is 0. The molecule has 2 aliphatic heterocycles. The Labute approximate surface area is 230 Å². The molecule has 2 unspecified atom stereocenters. The van der Waals surface area contributed by atoms with Gasteiger partial charge < -0.3 is 14.9 Å². The first-order chi connectivity index (χ1) is 17.6. The molecule has 6 nitrogen and oxygen atoms in total. The van der Waals surface area contributed by atoms with Gasteiger partial charge in [-0.3, -0.25) is 9.59 Å². The Hall–Kier alpha value is -3.15. The van der Waals surface area contributed by atoms with Crippen LogP contribution in [0.1, 0.15) is 98.1 Å². The number of nitrogens with zero attached hydrogens (tertiary/aromatic N) is 1. The Morgan fingerprint density at radius 2 is 1.79 bits per heavy atom. The molecule has 0 spiro atoms. The second kappa shape index (κ2) is 9.87. The second-order valence-corrected chi connectivity index (χ2v) is 13.5. The highest BCUT2D eigenvalue weighted by atomic mass is 16.6. The van der Waals surface area contributed by atoms with E-state index in [9.17, 15) is 9.59 Å². The van der Waals surface area contributed by atoms with E-state index in [2.05, 4.69) is 45.1 Å². The third-order valence-electron chi connectivity index (χ3n) is 7.91. The summed E-state index contributed by atoms with van der Waals surface area (Å²) in [6, 6.07) is 11.3. The van der Waals surface area contributed by atoms with Gasteiger partial charge in [0.05, 0.1) is 12.3 Å². The number of fused-ring (bicyclic) bond motifs is 1. The number of Topliss-reactive ketones (excluding diaryl/α,β-unsaturated/α-hetero) is 1. The molecule has 208 valence electrons. The zero-order valence-electron chi connectivity index (χ0n) is 24.3. The Bertz CT molecular complexity index is 1290. The number of anilines is 1. The van der Waals surface area contributed by atoms with Gasteiger partial charge in [-0.1, -0.05) is 66.6 Å². The van der Waals surface area contributed by atoms with Gasteiger partial charge in [0.25, 0.3) is 5.91 Å². The number of nitrogens with one attached hydrogen (secondary N) is 1. The van der Waals surface area contributed by atoms with E-state index < -0.39 is 11.5 Å². The highest BCUT2D eigenvalue weighted by Crippen LogP contribution is 2.39. The zero-order chi connectivity index (χ0) is 28.0. The first-order valence-corrected chi connectivity index (χ1v) is 13.6. The van der Waals surface area contributed by atoms with Crippen LogP contribution in [0.5, 0.6) is 5.75 Å². The predicted octanol–water partition coefficient (Wildman–Crippen LogP) is 7.57. The van der Waals surface area contributed by atoms with E-state index in [0.717, 1.165) is 41.0 Å². The van der Waals surface area contributed by atoms with Crippen molar-refractivity contribution in [2.75, 3.05) is 11.9 Å². The molecule has 1 amide bonds. The molecule has 0 aromatic heterocycles. The quantitative estimate of drug-likeness (QED) is 0.407. The van der Waals surface area contributed by atoms with Gasteiger partial charge in [0.2, 0.25) is 0 Å². The summed E-state index contributed by atoms with van der Waals surface area (Å²) in [5, 5.41) is 7.40. The highest BCUT2D eigenvalue weighted by molar-refractivity contribution is 6.09. The molecule has 0 saturated carbocycles. The fourth-order valence-electron chi connectivity index (χ4n) is 5.04. The number of rotatable bonds is 7. The summed E-state index contributed by atoms with van der Waals surface area (Å²) in [5.41, 5.74) is 4.45. The second-order valence-electron chi connectivity index (χ2n) is 13.5. The smallest absolute Gasteiger partial charge is 0.255 e. The van der Waals surface area contributed by atoms with Crippen molar-refractivity contribution in [1.29, 1.82) is 0 Å². The molecule has 6 heteroatoms. The minimum Gasteiger partial charge on any atom is -0.492 e. The molecule has 2 aliphatic rings. The van der Waals surface area contributed by atoms with Crippen LogP contribution in [-0.2, 0) is 15.0 Å². The fourth-order valence-corrected chi connectivity index (χ4v) is 5.04. The summed E-state index contributed by atoms with van der Waals surface area (Å²) in [4.78, 5) is 32.4. The van der Waals surface area contributed by atoms with Crippen LogP contribution < -0.4 is 10.1 Å². The lowest BCUT2D eigenvalue weighted by molar-refractivity contribution is -0.139. The number of ketones is 1. The minimum atomic E-state index is -0.616.